The van der Waals surface area contributed by atoms with E-state index in [2.05, 4.69) is 6.92 Å². The van der Waals surface area contributed by atoms with Crippen LogP contribution in [0, 0.1) is 17.8 Å². The molecule has 2 aliphatic rings. The highest BCUT2D eigenvalue weighted by molar-refractivity contribution is 6.05. The molecule has 0 radical (unpaired) electrons. The van der Waals surface area contributed by atoms with E-state index in [1.165, 1.54) is 4.90 Å². The predicted molar refractivity (Wildman–Crippen MR) is 66.6 cm³/mol. The first-order chi connectivity index (χ1) is 8.63. The standard InChI is InChI=1S/C13H22N2O3/c1-3-8-4-10-11(5-8)13(17)15(12(10)16)9(6-14)7-18-2/h8-11H,3-7,14H2,1-2H3. The van der Waals surface area contributed by atoms with E-state index in [1.54, 1.807) is 7.11 Å². The summed E-state index contributed by atoms with van der Waals surface area (Å²) in [4.78, 5) is 26.0. The maximum absolute atomic E-state index is 12.3. The third-order valence-corrected chi connectivity index (χ3v) is 4.34. The molecule has 1 aliphatic heterocycles. The Morgan fingerprint density at radius 1 is 1.33 bits per heavy atom. The fourth-order valence-corrected chi connectivity index (χ4v) is 3.29. The fraction of sp³-hybridized carbons (Fsp3) is 0.846. The second-order valence-electron chi connectivity index (χ2n) is 5.35. The normalized spacial score (nSPS) is 33.1. The highest BCUT2D eigenvalue weighted by atomic mass is 16.5. The number of carbonyl (C=O) groups is 2. The van der Waals surface area contributed by atoms with E-state index in [-0.39, 0.29) is 36.2 Å². The van der Waals surface area contributed by atoms with Gasteiger partial charge in [0.25, 0.3) is 0 Å². The predicted octanol–water partition coefficient (Wildman–Crippen LogP) is 0.381. The molecular weight excluding hydrogens is 232 g/mol. The number of hydrogen-bond acceptors (Lipinski definition) is 4. The minimum absolute atomic E-state index is 0.0338. The second-order valence-corrected chi connectivity index (χ2v) is 5.35. The van der Waals surface area contributed by atoms with E-state index in [4.69, 9.17) is 10.5 Å². The molecule has 5 nitrogen and oxygen atoms in total. The van der Waals surface area contributed by atoms with Crippen LogP contribution in [0.2, 0.25) is 0 Å². The maximum atomic E-state index is 12.3. The van der Waals surface area contributed by atoms with E-state index in [0.717, 1.165) is 19.3 Å². The van der Waals surface area contributed by atoms with Crippen molar-refractivity contribution in [2.45, 2.75) is 32.2 Å². The molecule has 1 aliphatic carbocycles. The van der Waals surface area contributed by atoms with Gasteiger partial charge in [-0.1, -0.05) is 13.3 Å². The number of rotatable bonds is 5. The number of fused-ring (bicyclic) bond motifs is 1. The van der Waals surface area contributed by atoms with Gasteiger partial charge in [-0.25, -0.2) is 0 Å². The topological polar surface area (TPSA) is 72.6 Å². The SMILES string of the molecule is CCC1CC2C(=O)N(C(CN)COC)C(=O)C2C1. The second kappa shape index (κ2) is 5.36. The van der Waals surface area contributed by atoms with Crippen molar-refractivity contribution in [3.63, 3.8) is 0 Å². The molecule has 0 aromatic carbocycles. The van der Waals surface area contributed by atoms with Gasteiger partial charge in [-0.15, -0.1) is 0 Å². The molecule has 2 amide bonds. The van der Waals surface area contributed by atoms with E-state index in [9.17, 15) is 9.59 Å². The van der Waals surface area contributed by atoms with Crippen LogP contribution in [-0.4, -0.2) is 43.0 Å². The van der Waals surface area contributed by atoms with Gasteiger partial charge in [-0.3, -0.25) is 14.5 Å². The van der Waals surface area contributed by atoms with E-state index in [0.29, 0.717) is 12.5 Å². The average molecular weight is 254 g/mol. The van der Waals surface area contributed by atoms with Crippen molar-refractivity contribution in [3.8, 4) is 0 Å². The molecule has 1 saturated heterocycles. The number of ether oxygens (including phenoxy) is 1. The van der Waals surface area contributed by atoms with Crippen molar-refractivity contribution in [1.82, 2.24) is 4.90 Å². The molecule has 0 spiro atoms. The number of nitrogens with two attached hydrogens (primary N) is 1. The molecular formula is C13H22N2O3. The van der Waals surface area contributed by atoms with Gasteiger partial charge in [0.05, 0.1) is 24.5 Å². The fourth-order valence-electron chi connectivity index (χ4n) is 3.29. The molecule has 3 atom stereocenters. The lowest BCUT2D eigenvalue weighted by Crippen LogP contribution is -2.47. The summed E-state index contributed by atoms with van der Waals surface area (Å²) >= 11 is 0. The number of likely N-dealkylation sites (tertiary alicyclic amines) is 1. The number of hydrogen-bond donors (Lipinski definition) is 1. The van der Waals surface area contributed by atoms with Crippen LogP contribution >= 0.6 is 0 Å². The van der Waals surface area contributed by atoms with Crippen molar-refractivity contribution >= 4 is 11.8 Å². The summed E-state index contributed by atoms with van der Waals surface area (Å²) in [7, 11) is 1.56. The summed E-state index contributed by atoms with van der Waals surface area (Å²) < 4.78 is 5.04. The summed E-state index contributed by atoms with van der Waals surface area (Å²) in [6.07, 6.45) is 2.75. The van der Waals surface area contributed by atoms with Crippen LogP contribution < -0.4 is 5.73 Å². The largest absolute Gasteiger partial charge is 0.382 e. The molecule has 3 unspecified atom stereocenters. The van der Waals surface area contributed by atoms with Crippen LogP contribution in [0.15, 0.2) is 0 Å². The number of nitrogens with zero attached hydrogens (tertiary/aromatic N) is 1. The molecule has 1 saturated carbocycles. The zero-order valence-electron chi connectivity index (χ0n) is 11.1. The Morgan fingerprint density at radius 2 is 1.89 bits per heavy atom. The molecule has 2 fully saturated rings. The summed E-state index contributed by atoms with van der Waals surface area (Å²) in [5.74, 6) is 0.248. The van der Waals surface area contributed by atoms with Crippen LogP contribution in [0.3, 0.4) is 0 Å². The maximum Gasteiger partial charge on any atom is 0.233 e. The zero-order chi connectivity index (χ0) is 13.3. The molecule has 102 valence electrons. The molecule has 0 aromatic rings. The molecule has 18 heavy (non-hydrogen) atoms. The van der Waals surface area contributed by atoms with E-state index in [1.807, 2.05) is 0 Å². The van der Waals surface area contributed by atoms with Gasteiger partial charge in [0, 0.05) is 13.7 Å². The molecule has 2 rings (SSSR count). The van der Waals surface area contributed by atoms with Crippen LogP contribution in [0.25, 0.3) is 0 Å². The first kappa shape index (κ1) is 13.5. The molecule has 0 bridgehead atoms. The smallest absolute Gasteiger partial charge is 0.233 e. The van der Waals surface area contributed by atoms with Gasteiger partial charge in [-0.2, -0.15) is 0 Å². The zero-order valence-corrected chi connectivity index (χ0v) is 11.1. The minimum Gasteiger partial charge on any atom is -0.382 e. The molecule has 1 heterocycles. The average Bonchev–Trinajstić information content (AvgIpc) is 2.89. The van der Waals surface area contributed by atoms with Crippen molar-refractivity contribution < 1.29 is 14.3 Å². The van der Waals surface area contributed by atoms with Gasteiger partial charge < -0.3 is 10.5 Å². The Bertz CT molecular complexity index is 321. The Kier molecular flexibility index (Phi) is 4.02. The summed E-state index contributed by atoms with van der Waals surface area (Å²) in [5, 5.41) is 0. The lowest BCUT2D eigenvalue weighted by atomic mass is 10.00. The summed E-state index contributed by atoms with van der Waals surface area (Å²) in [5.41, 5.74) is 5.64. The van der Waals surface area contributed by atoms with Gasteiger partial charge in [0.1, 0.15) is 0 Å². The highest BCUT2D eigenvalue weighted by Crippen LogP contribution is 2.44. The third kappa shape index (κ3) is 2.06. The van der Waals surface area contributed by atoms with Gasteiger partial charge in [-0.05, 0) is 18.8 Å². The van der Waals surface area contributed by atoms with E-state index < -0.39 is 0 Å². The Balaban J connectivity index is 2.13. The van der Waals surface area contributed by atoms with Gasteiger partial charge in [0.2, 0.25) is 11.8 Å². The summed E-state index contributed by atoms with van der Waals surface area (Å²) in [6, 6.07) is -0.305. The van der Waals surface area contributed by atoms with Gasteiger partial charge in [0.15, 0.2) is 0 Å². The molecule has 2 N–H and O–H groups in total. The monoisotopic (exact) mass is 254 g/mol. The van der Waals surface area contributed by atoms with Crippen LogP contribution in [0.4, 0.5) is 0 Å². The number of amides is 2. The van der Waals surface area contributed by atoms with Crippen LogP contribution in [-0.2, 0) is 14.3 Å². The minimum atomic E-state index is -0.305. The van der Waals surface area contributed by atoms with E-state index >= 15 is 0 Å². The van der Waals surface area contributed by atoms with Crippen molar-refractivity contribution in [3.05, 3.63) is 0 Å². The lowest BCUT2D eigenvalue weighted by molar-refractivity contribution is -0.144. The Hall–Kier alpha value is -0.940. The number of carbonyl (C=O) groups excluding carboxylic acids is 2. The number of methoxy groups -OCH3 is 1. The van der Waals surface area contributed by atoms with Crippen LogP contribution in [0.5, 0.6) is 0 Å². The van der Waals surface area contributed by atoms with Gasteiger partial charge >= 0.3 is 0 Å². The summed E-state index contributed by atoms with van der Waals surface area (Å²) in [6.45, 7) is 2.71. The van der Waals surface area contributed by atoms with Crippen molar-refractivity contribution in [2.75, 3.05) is 20.3 Å². The first-order valence-electron chi connectivity index (χ1n) is 6.69. The Labute approximate surface area is 108 Å². The third-order valence-electron chi connectivity index (χ3n) is 4.34. The van der Waals surface area contributed by atoms with Crippen LogP contribution in [0.1, 0.15) is 26.2 Å². The van der Waals surface area contributed by atoms with Crippen molar-refractivity contribution in [1.29, 1.82) is 0 Å². The number of imide groups is 1. The quantitative estimate of drug-likeness (QED) is 0.720. The lowest BCUT2D eigenvalue weighted by Gasteiger charge is -2.25. The van der Waals surface area contributed by atoms with Crippen molar-refractivity contribution in [2.24, 2.45) is 23.5 Å². The molecule has 5 heteroatoms. The highest BCUT2D eigenvalue weighted by Gasteiger charge is 2.53. The molecule has 0 aromatic heterocycles. The first-order valence-corrected chi connectivity index (χ1v) is 6.69. The Morgan fingerprint density at radius 3 is 2.28 bits per heavy atom.